The highest BCUT2D eigenvalue weighted by atomic mass is 79.9. The predicted octanol–water partition coefficient (Wildman–Crippen LogP) is 4.24. The molecule has 0 aromatic heterocycles. The van der Waals surface area contributed by atoms with E-state index in [0.29, 0.717) is 12.4 Å². The Balaban J connectivity index is 2.15. The Morgan fingerprint density at radius 3 is 2.74 bits per heavy atom. The highest BCUT2D eigenvalue weighted by molar-refractivity contribution is 9.10. The maximum atomic E-state index is 10.7. The number of halogens is 1. The number of benzene rings is 2. The van der Waals surface area contributed by atoms with Gasteiger partial charge in [-0.05, 0) is 36.2 Å². The SMILES string of the molecule is Cc1ccc([N+](=O)[O-])cc1OCc1cccc(Br)c1. The van der Waals surface area contributed by atoms with Crippen LogP contribution in [0.15, 0.2) is 46.9 Å². The maximum Gasteiger partial charge on any atom is 0.273 e. The van der Waals surface area contributed by atoms with E-state index in [1.165, 1.54) is 12.1 Å². The predicted molar refractivity (Wildman–Crippen MR) is 76.3 cm³/mol. The van der Waals surface area contributed by atoms with Crippen LogP contribution in [0.3, 0.4) is 0 Å². The molecular formula is C14H12BrNO3. The van der Waals surface area contributed by atoms with Crippen LogP contribution in [0, 0.1) is 17.0 Å². The topological polar surface area (TPSA) is 52.4 Å². The Labute approximate surface area is 119 Å². The first-order chi connectivity index (χ1) is 9.06. The lowest BCUT2D eigenvalue weighted by molar-refractivity contribution is -0.385. The summed E-state index contributed by atoms with van der Waals surface area (Å²) in [5.41, 5.74) is 1.91. The second kappa shape index (κ2) is 5.84. The molecule has 0 aliphatic carbocycles. The summed E-state index contributed by atoms with van der Waals surface area (Å²) in [5.74, 6) is 0.536. The van der Waals surface area contributed by atoms with Crippen LogP contribution in [0.4, 0.5) is 5.69 Å². The summed E-state index contributed by atoms with van der Waals surface area (Å²) in [6, 6.07) is 12.4. The van der Waals surface area contributed by atoms with Crippen LogP contribution in [0.1, 0.15) is 11.1 Å². The average Bonchev–Trinajstić information content (AvgIpc) is 2.37. The lowest BCUT2D eigenvalue weighted by Crippen LogP contribution is -1.98. The van der Waals surface area contributed by atoms with Crippen molar-refractivity contribution in [2.45, 2.75) is 13.5 Å². The number of hydrogen-bond donors (Lipinski definition) is 0. The Kier molecular flexibility index (Phi) is 4.16. The number of nitrogens with zero attached hydrogens (tertiary/aromatic N) is 1. The van der Waals surface area contributed by atoms with Crippen LogP contribution in [0.5, 0.6) is 5.75 Å². The third-order valence-electron chi connectivity index (χ3n) is 2.67. The van der Waals surface area contributed by atoms with Gasteiger partial charge in [-0.3, -0.25) is 10.1 Å². The first-order valence-corrected chi connectivity index (χ1v) is 6.48. The van der Waals surface area contributed by atoms with Gasteiger partial charge in [-0.15, -0.1) is 0 Å². The number of ether oxygens (including phenoxy) is 1. The fourth-order valence-corrected chi connectivity index (χ4v) is 2.09. The zero-order valence-corrected chi connectivity index (χ0v) is 11.9. The van der Waals surface area contributed by atoms with Crippen molar-refractivity contribution >= 4 is 21.6 Å². The van der Waals surface area contributed by atoms with Crippen LogP contribution in [0.25, 0.3) is 0 Å². The van der Waals surface area contributed by atoms with Crippen molar-refractivity contribution in [3.05, 3.63) is 68.2 Å². The molecule has 0 fully saturated rings. The van der Waals surface area contributed by atoms with Gasteiger partial charge in [0.1, 0.15) is 12.4 Å². The van der Waals surface area contributed by atoms with Crippen LogP contribution in [-0.2, 0) is 6.61 Å². The monoisotopic (exact) mass is 321 g/mol. The number of hydrogen-bond acceptors (Lipinski definition) is 3. The number of nitro benzene ring substituents is 1. The molecule has 0 aliphatic rings. The summed E-state index contributed by atoms with van der Waals surface area (Å²) in [5, 5.41) is 10.7. The zero-order chi connectivity index (χ0) is 13.8. The molecule has 0 bridgehead atoms. The normalized spacial score (nSPS) is 10.2. The summed E-state index contributed by atoms with van der Waals surface area (Å²) in [6.45, 7) is 2.24. The van der Waals surface area contributed by atoms with Crippen molar-refractivity contribution in [3.8, 4) is 5.75 Å². The van der Waals surface area contributed by atoms with Gasteiger partial charge in [0, 0.05) is 10.5 Å². The largest absolute Gasteiger partial charge is 0.488 e. The summed E-state index contributed by atoms with van der Waals surface area (Å²) < 4.78 is 6.62. The minimum atomic E-state index is -0.425. The standard InChI is InChI=1S/C14H12BrNO3/c1-10-5-6-13(16(17)18)8-14(10)19-9-11-3-2-4-12(15)7-11/h2-8H,9H2,1H3. The van der Waals surface area contributed by atoms with Crippen LogP contribution in [-0.4, -0.2) is 4.92 Å². The molecule has 4 nitrogen and oxygen atoms in total. The molecule has 0 aliphatic heterocycles. The van der Waals surface area contributed by atoms with Crippen LogP contribution in [0.2, 0.25) is 0 Å². The fraction of sp³-hybridized carbons (Fsp3) is 0.143. The molecule has 0 saturated heterocycles. The summed E-state index contributed by atoms with van der Waals surface area (Å²) in [6.07, 6.45) is 0. The zero-order valence-electron chi connectivity index (χ0n) is 10.3. The van der Waals surface area contributed by atoms with Gasteiger partial charge in [-0.2, -0.15) is 0 Å². The number of nitro groups is 1. The minimum Gasteiger partial charge on any atom is -0.488 e. The number of rotatable bonds is 4. The van der Waals surface area contributed by atoms with Crippen molar-refractivity contribution in [3.63, 3.8) is 0 Å². The van der Waals surface area contributed by atoms with Gasteiger partial charge in [-0.25, -0.2) is 0 Å². The van der Waals surface area contributed by atoms with Gasteiger partial charge in [0.15, 0.2) is 0 Å². The molecule has 5 heteroatoms. The van der Waals surface area contributed by atoms with E-state index in [1.807, 2.05) is 31.2 Å². The number of non-ortho nitro benzene ring substituents is 1. The van der Waals surface area contributed by atoms with Crippen molar-refractivity contribution in [2.75, 3.05) is 0 Å². The third-order valence-corrected chi connectivity index (χ3v) is 3.16. The first kappa shape index (κ1) is 13.5. The third kappa shape index (κ3) is 3.54. The van der Waals surface area contributed by atoms with E-state index in [1.54, 1.807) is 6.07 Å². The molecular weight excluding hydrogens is 310 g/mol. The minimum absolute atomic E-state index is 0.0369. The number of aryl methyl sites for hydroxylation is 1. The van der Waals surface area contributed by atoms with E-state index in [0.717, 1.165) is 15.6 Å². The Bertz CT molecular complexity index is 613. The highest BCUT2D eigenvalue weighted by Crippen LogP contribution is 2.25. The van der Waals surface area contributed by atoms with Gasteiger partial charge in [0.05, 0.1) is 11.0 Å². The van der Waals surface area contributed by atoms with E-state index < -0.39 is 4.92 Å². The van der Waals surface area contributed by atoms with Crippen molar-refractivity contribution in [1.82, 2.24) is 0 Å². The van der Waals surface area contributed by atoms with Crippen LogP contribution >= 0.6 is 15.9 Å². The quantitative estimate of drug-likeness (QED) is 0.625. The second-order valence-electron chi connectivity index (χ2n) is 4.13. The van der Waals surface area contributed by atoms with E-state index in [4.69, 9.17) is 4.74 Å². The second-order valence-corrected chi connectivity index (χ2v) is 5.04. The van der Waals surface area contributed by atoms with E-state index in [9.17, 15) is 10.1 Å². The van der Waals surface area contributed by atoms with E-state index >= 15 is 0 Å². The molecule has 19 heavy (non-hydrogen) atoms. The van der Waals surface area contributed by atoms with Crippen LogP contribution < -0.4 is 4.74 Å². The first-order valence-electron chi connectivity index (χ1n) is 5.68. The van der Waals surface area contributed by atoms with Gasteiger partial charge >= 0.3 is 0 Å². The van der Waals surface area contributed by atoms with Gasteiger partial charge < -0.3 is 4.74 Å². The summed E-state index contributed by atoms with van der Waals surface area (Å²) in [7, 11) is 0. The van der Waals surface area contributed by atoms with Gasteiger partial charge in [0.25, 0.3) is 5.69 Å². The van der Waals surface area contributed by atoms with Gasteiger partial charge in [0.2, 0.25) is 0 Å². The molecule has 0 unspecified atom stereocenters. The average molecular weight is 322 g/mol. The fourth-order valence-electron chi connectivity index (χ4n) is 1.65. The van der Waals surface area contributed by atoms with Gasteiger partial charge in [-0.1, -0.05) is 28.1 Å². The molecule has 0 amide bonds. The summed E-state index contributed by atoms with van der Waals surface area (Å²) >= 11 is 3.39. The lowest BCUT2D eigenvalue weighted by atomic mass is 10.2. The highest BCUT2D eigenvalue weighted by Gasteiger charge is 2.09. The summed E-state index contributed by atoms with van der Waals surface area (Å²) in [4.78, 5) is 10.3. The molecule has 0 saturated carbocycles. The van der Waals surface area contributed by atoms with Crippen molar-refractivity contribution in [1.29, 1.82) is 0 Å². The lowest BCUT2D eigenvalue weighted by Gasteiger charge is -2.09. The van der Waals surface area contributed by atoms with Crippen molar-refractivity contribution in [2.24, 2.45) is 0 Å². The Hall–Kier alpha value is -1.88. The molecule has 0 N–H and O–H groups in total. The molecule has 0 heterocycles. The molecule has 98 valence electrons. The molecule has 0 atom stereocenters. The van der Waals surface area contributed by atoms with E-state index in [-0.39, 0.29) is 5.69 Å². The Morgan fingerprint density at radius 1 is 1.26 bits per heavy atom. The smallest absolute Gasteiger partial charge is 0.273 e. The molecule has 2 aromatic carbocycles. The van der Waals surface area contributed by atoms with Crippen molar-refractivity contribution < 1.29 is 9.66 Å². The molecule has 0 spiro atoms. The molecule has 0 radical (unpaired) electrons. The maximum absolute atomic E-state index is 10.7. The molecule has 2 aromatic rings. The Morgan fingerprint density at radius 2 is 2.05 bits per heavy atom. The molecule has 2 rings (SSSR count). The van der Waals surface area contributed by atoms with E-state index in [2.05, 4.69) is 15.9 Å².